The van der Waals surface area contributed by atoms with Gasteiger partial charge in [-0.15, -0.1) is 0 Å². The van der Waals surface area contributed by atoms with Crippen LogP contribution >= 0.6 is 0 Å². The van der Waals surface area contributed by atoms with Crippen LogP contribution in [0.25, 0.3) is 16.8 Å². The van der Waals surface area contributed by atoms with Gasteiger partial charge in [0, 0.05) is 17.4 Å². The number of hydrogen-bond acceptors (Lipinski definition) is 3. The highest BCUT2D eigenvalue weighted by Crippen LogP contribution is 2.22. The number of carbonyl (C=O) groups is 1. The van der Waals surface area contributed by atoms with Gasteiger partial charge < -0.3 is 9.30 Å². The Morgan fingerprint density at radius 3 is 2.48 bits per heavy atom. The number of imidazole rings is 1. The molecule has 0 unspecified atom stereocenters. The second-order valence-electron chi connectivity index (χ2n) is 6.14. The van der Waals surface area contributed by atoms with E-state index < -0.39 is 0 Å². The van der Waals surface area contributed by atoms with E-state index in [9.17, 15) is 4.79 Å². The average molecular weight is 354 g/mol. The number of carbonyl (C=O) groups excluding carboxylic acids is 1. The Bertz CT molecular complexity index is 1080. The van der Waals surface area contributed by atoms with E-state index in [1.165, 1.54) is 0 Å². The van der Waals surface area contributed by atoms with Crippen molar-refractivity contribution in [1.82, 2.24) is 9.55 Å². The van der Waals surface area contributed by atoms with E-state index in [0.717, 1.165) is 16.8 Å². The molecule has 0 saturated heterocycles. The molecule has 0 amide bonds. The number of ketones is 1. The van der Waals surface area contributed by atoms with Gasteiger partial charge in [0.15, 0.2) is 0 Å². The topological polar surface area (TPSA) is 44.1 Å². The summed E-state index contributed by atoms with van der Waals surface area (Å²) in [5, 5.41) is 0. The number of aromatic nitrogens is 2. The highest BCUT2D eigenvalue weighted by molar-refractivity contribution is 6.07. The Balaban J connectivity index is 1.64. The lowest BCUT2D eigenvalue weighted by atomic mass is 10.1. The summed E-state index contributed by atoms with van der Waals surface area (Å²) < 4.78 is 7.05. The molecular weight excluding hydrogens is 336 g/mol. The summed E-state index contributed by atoms with van der Waals surface area (Å²) in [6.45, 7) is 0. The van der Waals surface area contributed by atoms with Crippen LogP contribution < -0.4 is 4.74 Å². The largest absolute Gasteiger partial charge is 0.497 e. The Hall–Kier alpha value is -3.66. The summed E-state index contributed by atoms with van der Waals surface area (Å²) >= 11 is 0. The summed E-state index contributed by atoms with van der Waals surface area (Å²) in [5.41, 5.74) is 4.16. The number of benzene rings is 3. The number of nitrogens with zero attached hydrogens (tertiary/aromatic N) is 2. The van der Waals surface area contributed by atoms with E-state index in [2.05, 4.69) is 29.2 Å². The molecule has 27 heavy (non-hydrogen) atoms. The summed E-state index contributed by atoms with van der Waals surface area (Å²) in [5.74, 6) is 0.516. The van der Waals surface area contributed by atoms with Gasteiger partial charge in [0.2, 0.25) is 5.78 Å². The van der Waals surface area contributed by atoms with Crippen molar-refractivity contribution >= 4 is 5.78 Å². The first kappa shape index (κ1) is 16.8. The van der Waals surface area contributed by atoms with E-state index in [1.807, 2.05) is 41.0 Å². The fraction of sp³-hybridized carbons (Fsp3) is 0.0435. The van der Waals surface area contributed by atoms with E-state index in [-0.39, 0.29) is 5.78 Å². The molecule has 0 aliphatic carbocycles. The molecule has 0 saturated carbocycles. The predicted molar refractivity (Wildman–Crippen MR) is 105 cm³/mol. The van der Waals surface area contributed by atoms with Crippen LogP contribution in [0.2, 0.25) is 0 Å². The van der Waals surface area contributed by atoms with E-state index >= 15 is 0 Å². The van der Waals surface area contributed by atoms with Crippen molar-refractivity contribution < 1.29 is 9.53 Å². The molecule has 1 heterocycles. The first-order chi connectivity index (χ1) is 13.2. The smallest absolute Gasteiger partial charge is 0.213 e. The Morgan fingerprint density at radius 1 is 0.889 bits per heavy atom. The van der Waals surface area contributed by atoms with Crippen molar-refractivity contribution in [2.45, 2.75) is 0 Å². The maximum Gasteiger partial charge on any atom is 0.213 e. The second-order valence-corrected chi connectivity index (χ2v) is 6.14. The molecule has 132 valence electrons. The summed E-state index contributed by atoms with van der Waals surface area (Å²) in [6, 6.07) is 25.4. The van der Waals surface area contributed by atoms with Crippen LogP contribution in [0, 0.1) is 0 Å². The highest BCUT2D eigenvalue weighted by Gasteiger charge is 2.13. The molecule has 0 bridgehead atoms. The summed E-state index contributed by atoms with van der Waals surface area (Å²) in [6.07, 6.45) is 3.42. The molecule has 4 aromatic rings. The van der Waals surface area contributed by atoms with Crippen LogP contribution in [0.1, 0.15) is 16.1 Å². The van der Waals surface area contributed by atoms with Crippen molar-refractivity contribution in [1.29, 1.82) is 0 Å². The van der Waals surface area contributed by atoms with E-state index in [0.29, 0.717) is 17.0 Å². The molecule has 0 fully saturated rings. The minimum absolute atomic E-state index is 0.133. The van der Waals surface area contributed by atoms with Gasteiger partial charge in [0.05, 0.1) is 7.11 Å². The monoisotopic (exact) mass is 354 g/mol. The summed E-state index contributed by atoms with van der Waals surface area (Å²) in [7, 11) is 1.58. The number of methoxy groups -OCH3 is 1. The molecule has 0 radical (unpaired) electrons. The third kappa shape index (κ3) is 3.51. The quantitative estimate of drug-likeness (QED) is 0.485. The zero-order valence-corrected chi connectivity index (χ0v) is 14.9. The fourth-order valence-corrected chi connectivity index (χ4v) is 2.97. The molecule has 0 atom stereocenters. The lowest BCUT2D eigenvalue weighted by Gasteiger charge is -2.06. The number of ether oxygens (including phenoxy) is 1. The van der Waals surface area contributed by atoms with Crippen molar-refractivity contribution in [3.8, 4) is 22.6 Å². The van der Waals surface area contributed by atoms with Crippen LogP contribution in [0.4, 0.5) is 0 Å². The SMILES string of the molecule is COc1cccc(C(=O)c2cn(-c3cccc(-c4ccccc4)c3)cn2)c1. The van der Waals surface area contributed by atoms with Gasteiger partial charge in [-0.1, -0.05) is 54.6 Å². The minimum atomic E-state index is -0.133. The average Bonchev–Trinajstić information content (AvgIpc) is 3.24. The highest BCUT2D eigenvalue weighted by atomic mass is 16.5. The van der Waals surface area contributed by atoms with Crippen LogP contribution in [0.3, 0.4) is 0 Å². The molecule has 0 spiro atoms. The van der Waals surface area contributed by atoms with Crippen molar-refractivity contribution in [2.75, 3.05) is 7.11 Å². The first-order valence-corrected chi connectivity index (χ1v) is 8.63. The molecule has 1 aromatic heterocycles. The van der Waals surface area contributed by atoms with Crippen LogP contribution in [-0.2, 0) is 0 Å². The molecule has 0 N–H and O–H groups in total. The Labute approximate surface area is 157 Å². The van der Waals surface area contributed by atoms with Gasteiger partial charge in [-0.3, -0.25) is 4.79 Å². The van der Waals surface area contributed by atoms with Gasteiger partial charge >= 0.3 is 0 Å². The lowest BCUT2D eigenvalue weighted by Crippen LogP contribution is -2.02. The van der Waals surface area contributed by atoms with Crippen molar-refractivity contribution in [3.63, 3.8) is 0 Å². The van der Waals surface area contributed by atoms with E-state index in [1.54, 1.807) is 37.8 Å². The van der Waals surface area contributed by atoms with Crippen molar-refractivity contribution in [2.24, 2.45) is 0 Å². The normalized spacial score (nSPS) is 10.6. The standard InChI is InChI=1S/C23H18N2O2/c1-27-21-12-6-10-19(14-21)23(26)22-15-25(16-24-22)20-11-5-9-18(13-20)17-7-3-2-4-8-17/h2-16H,1H3. The van der Waals surface area contributed by atoms with E-state index in [4.69, 9.17) is 4.74 Å². The van der Waals surface area contributed by atoms with Gasteiger partial charge in [-0.05, 0) is 35.4 Å². The number of hydrogen-bond donors (Lipinski definition) is 0. The maximum atomic E-state index is 12.7. The van der Waals surface area contributed by atoms with Crippen LogP contribution in [0.5, 0.6) is 5.75 Å². The third-order valence-electron chi connectivity index (χ3n) is 4.40. The fourth-order valence-electron chi connectivity index (χ4n) is 2.97. The zero-order chi connectivity index (χ0) is 18.6. The molecule has 4 rings (SSSR count). The predicted octanol–water partition coefficient (Wildman–Crippen LogP) is 4.78. The second kappa shape index (κ2) is 7.30. The zero-order valence-electron chi connectivity index (χ0n) is 14.9. The van der Waals surface area contributed by atoms with Gasteiger partial charge in [0.25, 0.3) is 0 Å². The van der Waals surface area contributed by atoms with Gasteiger partial charge in [-0.2, -0.15) is 0 Å². The first-order valence-electron chi connectivity index (χ1n) is 8.63. The molecule has 3 aromatic carbocycles. The maximum absolute atomic E-state index is 12.7. The van der Waals surface area contributed by atoms with Crippen LogP contribution in [-0.4, -0.2) is 22.4 Å². The van der Waals surface area contributed by atoms with Gasteiger partial charge in [-0.25, -0.2) is 4.98 Å². The minimum Gasteiger partial charge on any atom is -0.497 e. The Morgan fingerprint density at radius 2 is 1.67 bits per heavy atom. The molecular formula is C23H18N2O2. The molecule has 0 aliphatic heterocycles. The summed E-state index contributed by atoms with van der Waals surface area (Å²) in [4.78, 5) is 17.0. The molecule has 4 nitrogen and oxygen atoms in total. The molecule has 0 aliphatic rings. The molecule has 4 heteroatoms. The van der Waals surface area contributed by atoms with Crippen LogP contribution in [0.15, 0.2) is 91.4 Å². The Kier molecular flexibility index (Phi) is 4.54. The third-order valence-corrected chi connectivity index (χ3v) is 4.40. The van der Waals surface area contributed by atoms with Gasteiger partial charge in [0.1, 0.15) is 17.8 Å². The van der Waals surface area contributed by atoms with Crippen molar-refractivity contribution in [3.05, 3.63) is 103 Å². The number of rotatable bonds is 5. The lowest BCUT2D eigenvalue weighted by molar-refractivity contribution is 0.103.